The highest BCUT2D eigenvalue weighted by molar-refractivity contribution is 7.92. The number of rotatable bonds is 8. The van der Waals surface area contributed by atoms with E-state index in [4.69, 9.17) is 4.74 Å². The van der Waals surface area contributed by atoms with E-state index < -0.39 is 15.9 Å². The van der Waals surface area contributed by atoms with Gasteiger partial charge in [-0.1, -0.05) is 24.1 Å². The summed E-state index contributed by atoms with van der Waals surface area (Å²) in [5.74, 6) is 0.109. The van der Waals surface area contributed by atoms with Crippen LogP contribution in [-0.2, 0) is 14.8 Å². The lowest BCUT2D eigenvalue weighted by Gasteiger charge is -2.24. The molecule has 31 heavy (non-hydrogen) atoms. The van der Waals surface area contributed by atoms with Crippen molar-refractivity contribution in [2.24, 2.45) is 5.10 Å². The second kappa shape index (κ2) is 10.4. The SMILES string of the molecule is CCOc1ccc(S(=O)(=O)N(CC(=O)NN=C2CCCCC2)c2ccc(C)cc2)cc1. The maximum absolute atomic E-state index is 13.4. The van der Waals surface area contributed by atoms with E-state index in [9.17, 15) is 13.2 Å². The number of carbonyl (C=O) groups is 1. The summed E-state index contributed by atoms with van der Waals surface area (Å²) in [7, 11) is -3.97. The third kappa shape index (κ3) is 6.07. The lowest BCUT2D eigenvalue weighted by molar-refractivity contribution is -0.119. The first-order valence-corrected chi connectivity index (χ1v) is 12.0. The second-order valence-corrected chi connectivity index (χ2v) is 9.39. The lowest BCUT2D eigenvalue weighted by Crippen LogP contribution is -2.39. The van der Waals surface area contributed by atoms with Crippen molar-refractivity contribution < 1.29 is 17.9 Å². The highest BCUT2D eigenvalue weighted by Crippen LogP contribution is 2.25. The number of ether oxygens (including phenoxy) is 1. The van der Waals surface area contributed by atoms with Gasteiger partial charge in [0.2, 0.25) is 0 Å². The topological polar surface area (TPSA) is 88.1 Å². The summed E-state index contributed by atoms with van der Waals surface area (Å²) < 4.78 is 33.3. The zero-order valence-electron chi connectivity index (χ0n) is 18.0. The zero-order valence-corrected chi connectivity index (χ0v) is 18.8. The molecular weight excluding hydrogens is 414 g/mol. The maximum atomic E-state index is 13.4. The van der Waals surface area contributed by atoms with Crippen LogP contribution >= 0.6 is 0 Å². The van der Waals surface area contributed by atoms with Crippen LogP contribution in [-0.4, -0.2) is 33.2 Å². The Labute approximate surface area is 184 Å². The number of carbonyl (C=O) groups excluding carboxylic acids is 1. The number of anilines is 1. The molecular formula is C23H29N3O4S. The Balaban J connectivity index is 1.85. The number of amides is 1. The molecule has 0 aliphatic heterocycles. The lowest BCUT2D eigenvalue weighted by atomic mass is 9.99. The van der Waals surface area contributed by atoms with E-state index >= 15 is 0 Å². The average Bonchev–Trinajstić information content (AvgIpc) is 2.78. The average molecular weight is 444 g/mol. The number of hydrogen-bond donors (Lipinski definition) is 1. The van der Waals surface area contributed by atoms with E-state index in [0.29, 0.717) is 18.0 Å². The molecule has 0 atom stereocenters. The number of aryl methyl sites for hydroxylation is 1. The fourth-order valence-electron chi connectivity index (χ4n) is 3.41. The third-order valence-corrected chi connectivity index (χ3v) is 6.89. The van der Waals surface area contributed by atoms with E-state index in [1.807, 2.05) is 26.0 Å². The van der Waals surface area contributed by atoms with Crippen molar-refractivity contribution in [3.8, 4) is 5.75 Å². The fourth-order valence-corrected chi connectivity index (χ4v) is 4.83. The van der Waals surface area contributed by atoms with Gasteiger partial charge in [0.25, 0.3) is 15.9 Å². The number of hydrazone groups is 1. The molecule has 1 fully saturated rings. The first-order chi connectivity index (χ1) is 14.9. The van der Waals surface area contributed by atoms with Crippen molar-refractivity contribution >= 4 is 27.3 Å². The smallest absolute Gasteiger partial charge is 0.264 e. The van der Waals surface area contributed by atoms with Crippen LogP contribution in [0.3, 0.4) is 0 Å². The van der Waals surface area contributed by atoms with Gasteiger partial charge >= 0.3 is 0 Å². The molecule has 0 heterocycles. The molecule has 1 aliphatic rings. The monoisotopic (exact) mass is 443 g/mol. The molecule has 0 saturated heterocycles. The molecule has 2 aromatic carbocycles. The largest absolute Gasteiger partial charge is 0.494 e. The normalized spacial score (nSPS) is 14.1. The summed E-state index contributed by atoms with van der Waals surface area (Å²) in [6, 6.07) is 13.2. The molecule has 3 rings (SSSR count). The molecule has 8 heteroatoms. The predicted octanol–water partition coefficient (Wildman–Crippen LogP) is 4.03. The highest BCUT2D eigenvalue weighted by Gasteiger charge is 2.27. The van der Waals surface area contributed by atoms with E-state index in [1.54, 1.807) is 24.3 Å². The first kappa shape index (κ1) is 22.8. The van der Waals surface area contributed by atoms with Crippen molar-refractivity contribution in [1.29, 1.82) is 0 Å². The quantitative estimate of drug-likeness (QED) is 0.624. The van der Waals surface area contributed by atoms with Crippen molar-refractivity contribution in [2.75, 3.05) is 17.5 Å². The van der Waals surface area contributed by atoms with Crippen LogP contribution in [0.5, 0.6) is 5.75 Å². The Morgan fingerprint density at radius 3 is 2.29 bits per heavy atom. The summed E-state index contributed by atoms with van der Waals surface area (Å²) in [6.45, 7) is 3.90. The van der Waals surface area contributed by atoms with Crippen LogP contribution in [0, 0.1) is 6.92 Å². The summed E-state index contributed by atoms with van der Waals surface area (Å²) >= 11 is 0. The minimum Gasteiger partial charge on any atom is -0.494 e. The number of hydrogen-bond acceptors (Lipinski definition) is 5. The van der Waals surface area contributed by atoms with Gasteiger partial charge in [-0.05, 0) is 75.9 Å². The Bertz CT molecular complexity index is 1010. The van der Waals surface area contributed by atoms with Gasteiger partial charge in [-0.2, -0.15) is 5.10 Å². The van der Waals surface area contributed by atoms with E-state index in [-0.39, 0.29) is 11.4 Å². The summed E-state index contributed by atoms with van der Waals surface area (Å²) in [5.41, 5.74) is 4.90. The molecule has 1 saturated carbocycles. The fraction of sp³-hybridized carbons (Fsp3) is 0.391. The molecule has 1 aliphatic carbocycles. The molecule has 2 aromatic rings. The van der Waals surface area contributed by atoms with Crippen molar-refractivity contribution in [2.45, 2.75) is 50.8 Å². The number of nitrogens with zero attached hydrogens (tertiary/aromatic N) is 2. The Hall–Kier alpha value is -2.87. The van der Waals surface area contributed by atoms with Gasteiger partial charge in [0.1, 0.15) is 12.3 Å². The highest BCUT2D eigenvalue weighted by atomic mass is 32.2. The Morgan fingerprint density at radius 1 is 1.03 bits per heavy atom. The van der Waals surface area contributed by atoms with Crippen molar-refractivity contribution in [1.82, 2.24) is 5.43 Å². The summed E-state index contributed by atoms with van der Waals surface area (Å²) in [4.78, 5) is 12.7. The van der Waals surface area contributed by atoms with Gasteiger partial charge in [0, 0.05) is 5.71 Å². The van der Waals surface area contributed by atoms with Crippen LogP contribution in [0.15, 0.2) is 58.5 Å². The zero-order chi connectivity index (χ0) is 22.3. The standard InChI is InChI=1S/C23H29N3O4S/c1-3-30-21-13-15-22(16-14-21)31(28,29)26(20-11-9-18(2)10-12-20)17-23(27)25-24-19-7-5-4-6-8-19/h9-16H,3-8,17H2,1-2H3,(H,25,27). The van der Waals surface area contributed by atoms with Gasteiger partial charge in [-0.25, -0.2) is 13.8 Å². The maximum Gasteiger partial charge on any atom is 0.264 e. The van der Waals surface area contributed by atoms with Crippen molar-refractivity contribution in [3.63, 3.8) is 0 Å². The molecule has 0 bridgehead atoms. The molecule has 1 N–H and O–H groups in total. The van der Waals surface area contributed by atoms with Crippen LogP contribution in [0.4, 0.5) is 5.69 Å². The van der Waals surface area contributed by atoms with E-state index in [2.05, 4.69) is 10.5 Å². The minimum absolute atomic E-state index is 0.0860. The molecule has 7 nitrogen and oxygen atoms in total. The molecule has 166 valence electrons. The number of benzene rings is 2. The van der Waals surface area contributed by atoms with Gasteiger partial charge in [-0.15, -0.1) is 0 Å². The van der Waals surface area contributed by atoms with Crippen LogP contribution in [0.1, 0.15) is 44.6 Å². The Kier molecular flexibility index (Phi) is 7.68. The Morgan fingerprint density at radius 2 is 1.68 bits per heavy atom. The van der Waals surface area contributed by atoms with Crippen LogP contribution < -0.4 is 14.5 Å². The molecule has 0 spiro atoms. The summed E-state index contributed by atoms with van der Waals surface area (Å²) in [6.07, 6.45) is 5.04. The number of nitrogens with one attached hydrogen (secondary N) is 1. The van der Waals surface area contributed by atoms with Crippen LogP contribution in [0.25, 0.3) is 0 Å². The first-order valence-electron chi connectivity index (χ1n) is 10.6. The second-order valence-electron chi connectivity index (χ2n) is 7.53. The third-order valence-electron chi connectivity index (χ3n) is 5.10. The van der Waals surface area contributed by atoms with E-state index in [1.165, 1.54) is 18.6 Å². The summed E-state index contributed by atoms with van der Waals surface area (Å²) in [5, 5.41) is 4.21. The predicted molar refractivity (Wildman–Crippen MR) is 122 cm³/mol. The molecule has 0 unspecified atom stereocenters. The van der Waals surface area contributed by atoms with Gasteiger partial charge in [-0.3, -0.25) is 9.10 Å². The van der Waals surface area contributed by atoms with Gasteiger partial charge in [0.15, 0.2) is 0 Å². The van der Waals surface area contributed by atoms with Gasteiger partial charge in [0.05, 0.1) is 17.2 Å². The molecule has 1 amide bonds. The molecule has 0 radical (unpaired) electrons. The van der Waals surface area contributed by atoms with Gasteiger partial charge < -0.3 is 4.74 Å². The van der Waals surface area contributed by atoms with E-state index in [0.717, 1.165) is 41.3 Å². The minimum atomic E-state index is -3.97. The van der Waals surface area contributed by atoms with Crippen molar-refractivity contribution in [3.05, 3.63) is 54.1 Å². The molecule has 0 aromatic heterocycles. The number of sulfonamides is 1. The van der Waals surface area contributed by atoms with Crippen LogP contribution in [0.2, 0.25) is 0 Å².